The van der Waals surface area contributed by atoms with Crippen molar-refractivity contribution in [2.45, 2.75) is 26.2 Å². The van der Waals surface area contributed by atoms with E-state index in [0.717, 1.165) is 40.5 Å². The molecule has 3 nitrogen and oxygen atoms in total. The second-order valence-corrected chi connectivity index (χ2v) is 15.4. The summed E-state index contributed by atoms with van der Waals surface area (Å²) >= 11 is 0. The molecule has 0 spiro atoms. The van der Waals surface area contributed by atoms with E-state index in [0.29, 0.717) is 11.5 Å². The first-order chi connectivity index (χ1) is 22.2. The Morgan fingerprint density at radius 2 is 0.800 bits per heavy atom. The van der Waals surface area contributed by atoms with Crippen molar-refractivity contribution in [1.82, 2.24) is 0 Å². The molecule has 0 aliphatic rings. The van der Waals surface area contributed by atoms with Gasteiger partial charge in [0.25, 0.3) is 0 Å². The molecule has 0 radical (unpaired) electrons. The van der Waals surface area contributed by atoms with Gasteiger partial charge in [0.1, 0.15) is 0 Å². The minimum atomic E-state index is -4.04. The van der Waals surface area contributed by atoms with Crippen LogP contribution in [0.3, 0.4) is 0 Å². The molecule has 5 heteroatoms. The molecule has 6 aromatic carbocycles. The second-order valence-electron chi connectivity index (χ2n) is 11.1. The Morgan fingerprint density at radius 1 is 0.444 bits per heavy atom. The Kier molecular flexibility index (Phi) is 9.45. The number of aryl methyl sites for hydroxylation is 1. The fourth-order valence-electron chi connectivity index (χ4n) is 6.06. The van der Waals surface area contributed by atoms with Crippen LogP contribution < -0.4 is 30.5 Å². The van der Waals surface area contributed by atoms with Crippen LogP contribution in [0.5, 0.6) is 11.5 Å². The molecular formula is C40H38BO3P. The quantitative estimate of drug-likeness (QED) is 0.0977. The van der Waals surface area contributed by atoms with E-state index in [9.17, 15) is 0 Å². The van der Waals surface area contributed by atoms with Gasteiger partial charge in [-0.05, 0) is 0 Å². The fourth-order valence-corrected chi connectivity index (χ4v) is 11.7. The summed E-state index contributed by atoms with van der Waals surface area (Å²) in [5, 5.41) is 4.19. The van der Waals surface area contributed by atoms with Gasteiger partial charge in [0.15, 0.2) is 0 Å². The Morgan fingerprint density at radius 3 is 1.18 bits per heavy atom. The Labute approximate surface area is 267 Å². The fraction of sp³-hybridized carbons (Fsp3) is 0.100. The number of hydrogen-bond acceptors (Lipinski definition) is 3. The summed E-state index contributed by atoms with van der Waals surface area (Å²) in [6, 6.07) is 60.3. The van der Waals surface area contributed by atoms with Crippen LogP contribution in [-0.2, 0) is 10.9 Å². The van der Waals surface area contributed by atoms with Crippen LogP contribution in [0, 0.1) is 0 Å². The summed E-state index contributed by atoms with van der Waals surface area (Å²) in [7, 11) is -1.10. The van der Waals surface area contributed by atoms with Gasteiger partial charge < -0.3 is 0 Å². The van der Waals surface area contributed by atoms with Gasteiger partial charge in [-0.25, -0.2) is 0 Å². The summed E-state index contributed by atoms with van der Waals surface area (Å²) in [5.41, 5.74) is 1.28. The van der Waals surface area contributed by atoms with E-state index in [1.165, 1.54) is 5.56 Å². The molecule has 0 aliphatic carbocycles. The van der Waals surface area contributed by atoms with E-state index in [2.05, 4.69) is 116 Å². The van der Waals surface area contributed by atoms with Crippen LogP contribution >= 0.6 is 6.83 Å². The van der Waals surface area contributed by atoms with Crippen molar-refractivity contribution in [2.75, 3.05) is 0 Å². The van der Waals surface area contributed by atoms with E-state index >= 15 is 0 Å². The third kappa shape index (κ3) is 6.05. The van der Waals surface area contributed by atoms with Gasteiger partial charge in [-0.15, -0.1) is 0 Å². The van der Waals surface area contributed by atoms with E-state index in [1.54, 1.807) is 0 Å². The monoisotopic (exact) mass is 608 g/mol. The van der Waals surface area contributed by atoms with Crippen molar-refractivity contribution < 1.29 is 13.7 Å². The topological polar surface area (TPSA) is 27.7 Å². The first-order valence-electron chi connectivity index (χ1n) is 15.6. The Hall–Kier alpha value is -4.63. The minimum absolute atomic E-state index is 0.654. The van der Waals surface area contributed by atoms with Crippen LogP contribution in [0.25, 0.3) is 0 Å². The zero-order valence-electron chi connectivity index (χ0n) is 25.6. The molecule has 0 N–H and O–H groups in total. The van der Waals surface area contributed by atoms with Crippen LogP contribution in [0.2, 0.25) is 0 Å². The molecule has 0 saturated carbocycles. The molecular weight excluding hydrogens is 570 g/mol. The molecule has 6 aromatic rings. The van der Waals surface area contributed by atoms with Crippen LogP contribution in [0.15, 0.2) is 176 Å². The molecule has 0 saturated heterocycles. The molecule has 0 unspecified atom stereocenters. The average molecular weight is 609 g/mol. The second kappa shape index (κ2) is 14.0. The number of unbranched alkanes of at least 4 members (excludes halogenated alkanes) is 1. The molecule has 0 fully saturated rings. The molecule has 0 atom stereocenters. The number of rotatable bonds is 13. The van der Waals surface area contributed by atoms with Crippen molar-refractivity contribution in [3.63, 3.8) is 0 Å². The number of hydrogen-bond donors (Lipinski definition) is 0. The standard InChI is InChI=1S/C40H38BO3P/c1-2-3-19-34-30-32-36(33-31-34)43-41(42-35-20-9-4-10-21-35)44-45(37-22-11-5-12-23-37,38-24-13-6-14-25-38,39-26-15-7-16-27-39)40-28-17-8-18-29-40/h4-18,20-33H,2-3,19H2,1H3. The van der Waals surface area contributed by atoms with Gasteiger partial charge in [0, 0.05) is 0 Å². The van der Waals surface area contributed by atoms with E-state index in [1.807, 2.05) is 66.7 Å². The molecule has 0 heterocycles. The zero-order valence-corrected chi connectivity index (χ0v) is 26.5. The van der Waals surface area contributed by atoms with E-state index in [4.69, 9.17) is 13.7 Å². The van der Waals surface area contributed by atoms with Crippen molar-refractivity contribution >= 4 is 35.4 Å². The van der Waals surface area contributed by atoms with Gasteiger partial charge in [-0.2, -0.15) is 0 Å². The summed E-state index contributed by atoms with van der Waals surface area (Å²) in [6.45, 7) is -1.83. The third-order valence-corrected chi connectivity index (χ3v) is 14.0. The van der Waals surface area contributed by atoms with Gasteiger partial charge in [0.2, 0.25) is 0 Å². The maximum atomic E-state index is 7.76. The molecule has 0 aliphatic heterocycles. The van der Waals surface area contributed by atoms with Gasteiger partial charge in [-0.3, -0.25) is 0 Å². The van der Waals surface area contributed by atoms with Crippen molar-refractivity contribution in [3.05, 3.63) is 181 Å². The molecule has 45 heavy (non-hydrogen) atoms. The molecule has 0 amide bonds. The first-order valence-corrected chi connectivity index (χ1v) is 17.8. The maximum absolute atomic E-state index is 7.76. The van der Waals surface area contributed by atoms with Crippen LogP contribution in [0.1, 0.15) is 25.3 Å². The summed E-state index contributed by atoms with van der Waals surface area (Å²) in [6.07, 6.45) is 3.35. The van der Waals surface area contributed by atoms with Crippen molar-refractivity contribution in [1.29, 1.82) is 0 Å². The summed E-state index contributed by atoms with van der Waals surface area (Å²) < 4.78 is 21.2. The Bertz CT molecular complexity index is 1580. The van der Waals surface area contributed by atoms with Crippen molar-refractivity contribution in [3.8, 4) is 11.5 Å². The first kappa shape index (κ1) is 30.4. The van der Waals surface area contributed by atoms with Crippen LogP contribution in [-0.4, -0.2) is 7.32 Å². The van der Waals surface area contributed by atoms with Gasteiger partial charge in [-0.1, -0.05) is 0 Å². The summed E-state index contributed by atoms with van der Waals surface area (Å²) in [5.74, 6) is 1.33. The number of benzene rings is 6. The molecule has 6 rings (SSSR count). The van der Waals surface area contributed by atoms with E-state index < -0.39 is 14.2 Å². The number of para-hydroxylation sites is 1. The van der Waals surface area contributed by atoms with Crippen molar-refractivity contribution in [2.24, 2.45) is 0 Å². The molecule has 224 valence electrons. The predicted octanol–water partition coefficient (Wildman–Crippen LogP) is 8.26. The molecule has 0 bridgehead atoms. The van der Waals surface area contributed by atoms with Gasteiger partial charge >= 0.3 is 268 Å². The normalized spacial score (nSPS) is 12.1. The SMILES string of the molecule is CCCCc1ccc(OB(Oc2ccccc2)OP(c2ccccc2)(c2ccccc2)(c2ccccc2)c2ccccc2)cc1. The van der Waals surface area contributed by atoms with E-state index in [-0.39, 0.29) is 0 Å². The summed E-state index contributed by atoms with van der Waals surface area (Å²) in [4.78, 5) is 0. The Balaban J connectivity index is 1.61. The van der Waals surface area contributed by atoms with Gasteiger partial charge in [0.05, 0.1) is 0 Å². The van der Waals surface area contributed by atoms with Crippen LogP contribution in [0.4, 0.5) is 0 Å². The zero-order chi connectivity index (χ0) is 30.8. The third-order valence-electron chi connectivity index (χ3n) is 8.24. The average Bonchev–Trinajstić information content (AvgIpc) is 3.12. The molecule has 0 aromatic heterocycles. The predicted molar refractivity (Wildman–Crippen MR) is 191 cm³/mol.